The van der Waals surface area contributed by atoms with Gasteiger partial charge in [-0.25, -0.2) is 0 Å². The first-order valence-electron chi connectivity index (χ1n) is 9.64. The number of rotatable bonds is 7. The summed E-state index contributed by atoms with van der Waals surface area (Å²) in [4.78, 5) is 23.7. The van der Waals surface area contributed by atoms with Gasteiger partial charge in [0.2, 0.25) is 5.91 Å². The minimum Gasteiger partial charge on any atom is -0.356 e. The van der Waals surface area contributed by atoms with Gasteiger partial charge in [-0.15, -0.1) is 24.0 Å². The Bertz CT molecular complexity index is 437. The number of unbranched alkanes of at least 4 members (excludes halogenated alkanes) is 1. The molecule has 0 aliphatic carbocycles. The maximum Gasteiger partial charge on any atom is 0.239 e. The van der Waals surface area contributed by atoms with Gasteiger partial charge in [0.25, 0.3) is 0 Å². The van der Waals surface area contributed by atoms with Crippen molar-refractivity contribution in [2.75, 3.05) is 64.9 Å². The van der Waals surface area contributed by atoms with Crippen LogP contribution in [0.25, 0.3) is 0 Å². The van der Waals surface area contributed by atoms with Crippen molar-refractivity contribution in [3.05, 3.63) is 0 Å². The average Bonchev–Trinajstić information content (AvgIpc) is 3.18. The lowest BCUT2D eigenvalue weighted by Gasteiger charge is -2.39. The van der Waals surface area contributed by atoms with Crippen LogP contribution in [0.5, 0.6) is 0 Å². The molecule has 26 heavy (non-hydrogen) atoms. The minimum absolute atomic E-state index is 0. The number of hydrogen-bond acceptors (Lipinski definition) is 4. The summed E-state index contributed by atoms with van der Waals surface area (Å²) in [5.41, 5.74) is 0. The number of nitrogens with zero attached hydrogens (tertiary/aromatic N) is 4. The maximum atomic E-state index is 12.6. The third-order valence-electron chi connectivity index (χ3n) is 5.21. The summed E-state index contributed by atoms with van der Waals surface area (Å²) in [6, 6.07) is 0.00164. The smallest absolute Gasteiger partial charge is 0.239 e. The van der Waals surface area contributed by atoms with Gasteiger partial charge in [-0.2, -0.15) is 11.8 Å². The number of carbonyl (C=O) groups excluding carboxylic acids is 1. The first-order chi connectivity index (χ1) is 12.2. The van der Waals surface area contributed by atoms with E-state index in [9.17, 15) is 4.79 Å². The fourth-order valence-corrected chi connectivity index (χ4v) is 4.08. The first kappa shape index (κ1) is 23.8. The highest BCUT2D eigenvalue weighted by atomic mass is 127. The van der Waals surface area contributed by atoms with E-state index in [4.69, 9.17) is 0 Å². The molecule has 8 heteroatoms. The molecule has 2 heterocycles. The molecule has 0 radical (unpaired) electrons. The Labute approximate surface area is 180 Å². The molecule has 1 N–H and O–H groups in total. The van der Waals surface area contributed by atoms with Crippen molar-refractivity contribution in [1.82, 2.24) is 20.0 Å². The molecule has 0 aromatic rings. The predicted molar refractivity (Wildman–Crippen MR) is 123 cm³/mol. The lowest BCUT2D eigenvalue weighted by Crippen LogP contribution is -2.57. The molecule has 152 valence electrons. The van der Waals surface area contributed by atoms with Gasteiger partial charge in [0.15, 0.2) is 5.96 Å². The van der Waals surface area contributed by atoms with Gasteiger partial charge in [0.1, 0.15) is 0 Å². The van der Waals surface area contributed by atoms with Gasteiger partial charge in [0, 0.05) is 52.9 Å². The monoisotopic (exact) mass is 497 g/mol. The second kappa shape index (κ2) is 13.0. The lowest BCUT2D eigenvalue weighted by atomic mass is 10.2. The van der Waals surface area contributed by atoms with E-state index in [2.05, 4.69) is 33.3 Å². The highest BCUT2D eigenvalue weighted by molar-refractivity contribution is 14.0. The van der Waals surface area contributed by atoms with Crippen molar-refractivity contribution >= 4 is 47.6 Å². The predicted octanol–water partition coefficient (Wildman–Crippen LogP) is 1.95. The van der Waals surface area contributed by atoms with Gasteiger partial charge in [0.05, 0.1) is 6.04 Å². The van der Waals surface area contributed by atoms with Gasteiger partial charge in [-0.3, -0.25) is 14.7 Å². The molecular formula is C18H36IN5OS. The van der Waals surface area contributed by atoms with E-state index >= 15 is 0 Å². The number of carbonyl (C=O) groups is 1. The van der Waals surface area contributed by atoms with Gasteiger partial charge >= 0.3 is 0 Å². The Balaban J connectivity index is 0.00000338. The van der Waals surface area contributed by atoms with Crippen LogP contribution in [-0.2, 0) is 4.79 Å². The van der Waals surface area contributed by atoms with Crippen molar-refractivity contribution in [3.8, 4) is 0 Å². The van der Waals surface area contributed by atoms with Crippen LogP contribution in [0.3, 0.4) is 0 Å². The number of amides is 1. The summed E-state index contributed by atoms with van der Waals surface area (Å²) in [7, 11) is 1.86. The number of nitrogens with one attached hydrogen (secondary N) is 1. The van der Waals surface area contributed by atoms with Crippen molar-refractivity contribution in [1.29, 1.82) is 0 Å². The zero-order valence-electron chi connectivity index (χ0n) is 16.6. The average molecular weight is 497 g/mol. The first-order valence-corrected chi connectivity index (χ1v) is 11.0. The van der Waals surface area contributed by atoms with Crippen LogP contribution >= 0.6 is 35.7 Å². The summed E-state index contributed by atoms with van der Waals surface area (Å²) in [6.45, 7) is 8.64. The molecule has 0 spiro atoms. The maximum absolute atomic E-state index is 12.6. The SMILES string of the molecule is CN=C(NCCCCSC)N1CCN(C(C)C(=O)N2CCCC2)CC1.I. The molecular weight excluding hydrogens is 461 g/mol. The number of likely N-dealkylation sites (tertiary alicyclic amines) is 1. The van der Waals surface area contributed by atoms with Gasteiger partial charge in [-0.05, 0) is 44.6 Å². The number of aliphatic imine (C=N–C) groups is 1. The van der Waals surface area contributed by atoms with Crippen LogP contribution in [0.1, 0.15) is 32.6 Å². The number of guanidine groups is 1. The quantitative estimate of drug-likeness (QED) is 0.252. The largest absolute Gasteiger partial charge is 0.356 e. The fraction of sp³-hybridized carbons (Fsp3) is 0.889. The zero-order chi connectivity index (χ0) is 18.1. The molecule has 1 atom stereocenters. The fourth-order valence-electron chi connectivity index (χ4n) is 3.58. The second-order valence-electron chi connectivity index (χ2n) is 6.91. The number of piperazine rings is 1. The normalized spacial score (nSPS) is 20.0. The van der Waals surface area contributed by atoms with Crippen LogP contribution < -0.4 is 5.32 Å². The Morgan fingerprint density at radius 1 is 1.08 bits per heavy atom. The molecule has 2 rings (SSSR count). The van der Waals surface area contributed by atoms with Crippen LogP contribution in [0.2, 0.25) is 0 Å². The summed E-state index contributed by atoms with van der Waals surface area (Å²) >= 11 is 1.90. The van der Waals surface area contributed by atoms with E-state index in [1.165, 1.54) is 18.6 Å². The Hall–Kier alpha value is -0.220. The molecule has 2 fully saturated rings. The van der Waals surface area contributed by atoms with Crippen LogP contribution in [0, 0.1) is 0 Å². The third kappa shape index (κ3) is 7.07. The van der Waals surface area contributed by atoms with Crippen LogP contribution in [0.4, 0.5) is 0 Å². The topological polar surface area (TPSA) is 51.2 Å². The van der Waals surface area contributed by atoms with Gasteiger partial charge < -0.3 is 15.1 Å². The number of hydrogen-bond donors (Lipinski definition) is 1. The summed E-state index contributed by atoms with van der Waals surface area (Å²) < 4.78 is 0. The van der Waals surface area contributed by atoms with Crippen LogP contribution in [0.15, 0.2) is 4.99 Å². The van der Waals surface area contributed by atoms with Crippen LogP contribution in [-0.4, -0.2) is 97.5 Å². The van der Waals surface area contributed by atoms with Crippen molar-refractivity contribution in [3.63, 3.8) is 0 Å². The summed E-state index contributed by atoms with van der Waals surface area (Å²) in [6.07, 6.45) is 6.90. The van der Waals surface area contributed by atoms with E-state index in [-0.39, 0.29) is 30.0 Å². The molecule has 0 saturated carbocycles. The molecule has 1 unspecified atom stereocenters. The van der Waals surface area contributed by atoms with E-state index in [0.717, 1.165) is 64.6 Å². The molecule has 0 bridgehead atoms. The molecule has 2 aliphatic rings. The van der Waals surface area contributed by atoms with E-state index in [1.807, 2.05) is 23.7 Å². The highest BCUT2D eigenvalue weighted by Gasteiger charge is 2.30. The number of halogens is 1. The zero-order valence-corrected chi connectivity index (χ0v) is 19.7. The van der Waals surface area contributed by atoms with E-state index in [0.29, 0.717) is 5.91 Å². The minimum atomic E-state index is 0. The Kier molecular flexibility index (Phi) is 11.9. The second-order valence-corrected chi connectivity index (χ2v) is 7.89. The summed E-state index contributed by atoms with van der Waals surface area (Å²) in [5, 5.41) is 3.48. The lowest BCUT2D eigenvalue weighted by molar-refractivity contribution is -0.135. The molecule has 2 aliphatic heterocycles. The van der Waals surface area contributed by atoms with Crippen molar-refractivity contribution < 1.29 is 4.79 Å². The van der Waals surface area contributed by atoms with Crippen molar-refractivity contribution in [2.45, 2.75) is 38.6 Å². The molecule has 1 amide bonds. The highest BCUT2D eigenvalue weighted by Crippen LogP contribution is 2.14. The molecule has 0 aromatic carbocycles. The van der Waals surface area contributed by atoms with Gasteiger partial charge in [-0.1, -0.05) is 0 Å². The molecule has 6 nitrogen and oxygen atoms in total. The standard InChI is InChI=1S/C18H35N5OS.HI/c1-16(17(24)22-9-5-6-10-22)21-11-13-23(14-12-21)18(19-2)20-8-4-7-15-25-3;/h16H,4-15H2,1-3H3,(H,19,20);1H. The molecule has 2 saturated heterocycles. The number of thioether (sulfide) groups is 1. The van der Waals surface area contributed by atoms with E-state index < -0.39 is 0 Å². The van der Waals surface area contributed by atoms with E-state index in [1.54, 1.807) is 0 Å². The van der Waals surface area contributed by atoms with Crippen molar-refractivity contribution in [2.24, 2.45) is 4.99 Å². The Morgan fingerprint density at radius 2 is 1.73 bits per heavy atom. The third-order valence-corrected chi connectivity index (χ3v) is 5.90. The molecule has 0 aromatic heterocycles. The summed E-state index contributed by atoms with van der Waals surface area (Å²) in [5.74, 6) is 2.53. The Morgan fingerprint density at radius 3 is 2.31 bits per heavy atom.